The number of nitrogens with zero attached hydrogens (tertiary/aromatic N) is 1. The first-order valence-electron chi connectivity index (χ1n) is 11.2. The second kappa shape index (κ2) is 10.5. The van der Waals surface area contributed by atoms with E-state index in [0.717, 1.165) is 41.7 Å². The summed E-state index contributed by atoms with van der Waals surface area (Å²) < 4.78 is 59.5. The lowest BCUT2D eigenvalue weighted by molar-refractivity contribution is -0.137. The minimum absolute atomic E-state index is 0.118. The van der Waals surface area contributed by atoms with E-state index in [0.29, 0.717) is 26.4 Å². The van der Waals surface area contributed by atoms with Gasteiger partial charge in [-0.2, -0.15) is 13.2 Å². The molecule has 180 valence electrons. The molecule has 2 saturated heterocycles. The van der Waals surface area contributed by atoms with Gasteiger partial charge in [0, 0.05) is 32.9 Å². The largest absolute Gasteiger partial charge is 0.416 e. The number of halogens is 4. The molecule has 3 N–H and O–H groups in total. The zero-order valence-electron chi connectivity index (χ0n) is 18.5. The van der Waals surface area contributed by atoms with Crippen LogP contribution in [0.3, 0.4) is 0 Å². The van der Waals surface area contributed by atoms with Crippen molar-refractivity contribution in [2.75, 3.05) is 20.3 Å². The van der Waals surface area contributed by atoms with E-state index in [-0.39, 0.29) is 6.04 Å². The highest BCUT2D eigenvalue weighted by atomic mass is 19.4. The Hall–Kier alpha value is -2.04. The normalized spacial score (nSPS) is 26.6. The van der Waals surface area contributed by atoms with E-state index in [1.54, 1.807) is 7.11 Å². The van der Waals surface area contributed by atoms with Gasteiger partial charge in [-0.25, -0.2) is 4.39 Å². The molecule has 33 heavy (non-hydrogen) atoms. The van der Waals surface area contributed by atoms with Crippen LogP contribution in [0.15, 0.2) is 48.5 Å². The number of likely N-dealkylation sites (tertiary alicyclic amines) is 1. The molecule has 2 aromatic rings. The maximum Gasteiger partial charge on any atom is 0.416 e. The third-order valence-corrected chi connectivity index (χ3v) is 6.36. The molecule has 2 heterocycles. The molecule has 0 spiro atoms. The monoisotopic (exact) mass is 466 g/mol. The van der Waals surface area contributed by atoms with Gasteiger partial charge >= 0.3 is 6.18 Å². The van der Waals surface area contributed by atoms with Gasteiger partial charge in [-0.05, 0) is 41.7 Å². The zero-order chi connectivity index (χ0) is 23.4. The summed E-state index contributed by atoms with van der Waals surface area (Å²) in [5.41, 5.74) is 2.21. The molecule has 5 nitrogen and oxygen atoms in total. The van der Waals surface area contributed by atoms with Crippen molar-refractivity contribution in [1.82, 2.24) is 20.9 Å². The Kier molecular flexibility index (Phi) is 7.65. The van der Waals surface area contributed by atoms with Crippen molar-refractivity contribution in [2.45, 2.75) is 56.7 Å². The number of ether oxygens (including phenoxy) is 1. The van der Waals surface area contributed by atoms with Crippen molar-refractivity contribution in [3.8, 4) is 0 Å². The zero-order valence-corrected chi connectivity index (χ0v) is 18.5. The fraction of sp³-hybridized carbons (Fsp3) is 0.500. The summed E-state index contributed by atoms with van der Waals surface area (Å²) >= 11 is 0. The molecule has 4 unspecified atom stereocenters. The topological polar surface area (TPSA) is 48.6 Å². The fourth-order valence-electron chi connectivity index (χ4n) is 4.76. The minimum Gasteiger partial charge on any atom is -0.380 e. The van der Waals surface area contributed by atoms with Gasteiger partial charge in [0.15, 0.2) is 6.17 Å². The summed E-state index contributed by atoms with van der Waals surface area (Å²) in [5.74, 6) is 0. The Morgan fingerprint density at radius 1 is 1.09 bits per heavy atom. The summed E-state index contributed by atoms with van der Waals surface area (Å²) in [5, 5.41) is 9.61. The average molecular weight is 467 g/mol. The van der Waals surface area contributed by atoms with Crippen LogP contribution in [0.1, 0.15) is 41.1 Å². The van der Waals surface area contributed by atoms with Gasteiger partial charge in [-0.3, -0.25) is 20.9 Å². The van der Waals surface area contributed by atoms with E-state index in [1.165, 1.54) is 12.1 Å². The van der Waals surface area contributed by atoms with Crippen molar-refractivity contribution >= 4 is 0 Å². The first-order chi connectivity index (χ1) is 15.9. The van der Waals surface area contributed by atoms with Crippen LogP contribution in [0, 0.1) is 0 Å². The summed E-state index contributed by atoms with van der Waals surface area (Å²) in [7, 11) is 1.65. The maximum atomic E-state index is 15.6. The molecule has 4 atom stereocenters. The molecule has 2 aliphatic heterocycles. The number of rotatable bonds is 7. The van der Waals surface area contributed by atoms with Crippen LogP contribution in [0.5, 0.6) is 0 Å². The summed E-state index contributed by atoms with van der Waals surface area (Å²) in [4.78, 5) is 2.04. The number of alkyl halides is 4. The molecule has 0 aliphatic carbocycles. The Morgan fingerprint density at radius 3 is 2.58 bits per heavy atom. The molecule has 9 heteroatoms. The lowest BCUT2D eigenvalue weighted by Crippen LogP contribution is -2.68. The molecule has 0 amide bonds. The van der Waals surface area contributed by atoms with Gasteiger partial charge < -0.3 is 4.74 Å². The van der Waals surface area contributed by atoms with Gasteiger partial charge in [-0.15, -0.1) is 0 Å². The summed E-state index contributed by atoms with van der Waals surface area (Å²) in [6.07, 6.45) is -5.02. The van der Waals surface area contributed by atoms with E-state index in [1.807, 2.05) is 29.2 Å². The second-order valence-electron chi connectivity index (χ2n) is 8.60. The number of nitrogens with one attached hydrogen (secondary N) is 3. The fourth-order valence-corrected chi connectivity index (χ4v) is 4.76. The smallest absolute Gasteiger partial charge is 0.380 e. The Labute approximate surface area is 191 Å². The molecule has 0 saturated carbocycles. The first-order valence-corrected chi connectivity index (χ1v) is 11.2. The van der Waals surface area contributed by atoms with Crippen LogP contribution in [0.2, 0.25) is 0 Å². The standard InChI is InChI=1S/C24H30F4N4O/c1-33-14-17-5-2-4-16(12-17)13-29-22-21(25)23(31-15-30-22)32-11-3-6-20(32)18-7-9-19(10-8-18)24(26,27)28/h2,4-5,7-10,12,20-23,29-31H,3,6,11,13-15H2,1H3. The van der Waals surface area contributed by atoms with E-state index in [9.17, 15) is 13.2 Å². The predicted molar refractivity (Wildman–Crippen MR) is 118 cm³/mol. The molecular formula is C24H30F4N4O. The van der Waals surface area contributed by atoms with Gasteiger partial charge in [0.25, 0.3) is 0 Å². The Balaban J connectivity index is 1.41. The summed E-state index contributed by atoms with van der Waals surface area (Å²) in [6, 6.07) is 13.1. The highest BCUT2D eigenvalue weighted by Crippen LogP contribution is 2.36. The van der Waals surface area contributed by atoms with Gasteiger partial charge in [0.1, 0.15) is 0 Å². The third-order valence-electron chi connectivity index (χ3n) is 6.36. The predicted octanol–water partition coefficient (Wildman–Crippen LogP) is 3.92. The van der Waals surface area contributed by atoms with Crippen molar-refractivity contribution in [3.05, 3.63) is 70.8 Å². The number of hydrogen-bond acceptors (Lipinski definition) is 5. The molecule has 2 aromatic carbocycles. The maximum absolute atomic E-state index is 15.6. The molecule has 4 rings (SSSR count). The number of methoxy groups -OCH3 is 1. The van der Waals surface area contributed by atoms with Crippen LogP contribution < -0.4 is 16.0 Å². The van der Waals surface area contributed by atoms with E-state index >= 15 is 4.39 Å². The third kappa shape index (κ3) is 5.73. The molecule has 0 bridgehead atoms. The minimum atomic E-state index is -4.36. The number of benzene rings is 2. The molecule has 2 aliphatic rings. The van der Waals surface area contributed by atoms with Crippen molar-refractivity contribution in [3.63, 3.8) is 0 Å². The average Bonchev–Trinajstić information content (AvgIpc) is 3.28. The van der Waals surface area contributed by atoms with Gasteiger partial charge in [0.05, 0.1) is 24.5 Å². The van der Waals surface area contributed by atoms with Gasteiger partial charge in [-0.1, -0.05) is 36.4 Å². The van der Waals surface area contributed by atoms with Gasteiger partial charge in [0.2, 0.25) is 0 Å². The molecule has 2 fully saturated rings. The van der Waals surface area contributed by atoms with Crippen LogP contribution in [0.25, 0.3) is 0 Å². The highest BCUT2D eigenvalue weighted by Gasteiger charge is 2.41. The number of hydrogen-bond donors (Lipinski definition) is 3. The van der Waals surface area contributed by atoms with Crippen molar-refractivity contribution in [2.24, 2.45) is 0 Å². The van der Waals surface area contributed by atoms with Crippen LogP contribution in [-0.4, -0.2) is 43.7 Å². The lowest BCUT2D eigenvalue weighted by atomic mass is 10.0. The van der Waals surface area contributed by atoms with Crippen molar-refractivity contribution in [1.29, 1.82) is 0 Å². The first kappa shape index (κ1) is 24.1. The quantitative estimate of drug-likeness (QED) is 0.540. The van der Waals surface area contributed by atoms with Crippen LogP contribution in [-0.2, 0) is 24.1 Å². The van der Waals surface area contributed by atoms with Crippen LogP contribution >= 0.6 is 0 Å². The molecular weight excluding hydrogens is 436 g/mol. The van der Waals surface area contributed by atoms with E-state index in [2.05, 4.69) is 16.0 Å². The van der Waals surface area contributed by atoms with E-state index in [4.69, 9.17) is 4.74 Å². The lowest BCUT2D eigenvalue weighted by Gasteiger charge is -2.42. The van der Waals surface area contributed by atoms with E-state index < -0.39 is 30.2 Å². The van der Waals surface area contributed by atoms with Crippen molar-refractivity contribution < 1.29 is 22.3 Å². The Morgan fingerprint density at radius 2 is 1.85 bits per heavy atom. The second-order valence-corrected chi connectivity index (χ2v) is 8.60. The highest BCUT2D eigenvalue weighted by molar-refractivity contribution is 5.28. The SMILES string of the molecule is COCc1cccc(CNC2NCNC(N3CCCC3c3ccc(C(F)(F)F)cc3)C2F)c1. The molecule has 0 radical (unpaired) electrons. The molecule has 0 aromatic heterocycles. The Bertz CT molecular complexity index is 908. The summed E-state index contributed by atoms with van der Waals surface area (Å²) in [6.45, 7) is 2.15. The van der Waals surface area contributed by atoms with Crippen LogP contribution in [0.4, 0.5) is 17.6 Å².